The van der Waals surface area contributed by atoms with E-state index in [-0.39, 0.29) is 5.91 Å². The zero-order valence-electron chi connectivity index (χ0n) is 8.98. The third kappa shape index (κ3) is 7.32. The van der Waals surface area contributed by atoms with E-state index < -0.39 is 0 Å². The summed E-state index contributed by atoms with van der Waals surface area (Å²) in [6.45, 7) is 6.14. The number of amides is 1. The van der Waals surface area contributed by atoms with Crippen LogP contribution in [0.1, 0.15) is 33.6 Å². The highest BCUT2D eigenvalue weighted by Crippen LogP contribution is 2.05. The number of rotatable bonds is 4. The molecule has 1 amide bonds. The monoisotopic (exact) mass is 181 g/mol. The van der Waals surface area contributed by atoms with Gasteiger partial charge in [-0.25, -0.2) is 0 Å². The van der Waals surface area contributed by atoms with Crippen LogP contribution >= 0.6 is 0 Å². The maximum Gasteiger partial charge on any atom is 0.243 e. The minimum absolute atomic E-state index is 0.0188. The first-order valence-electron chi connectivity index (χ1n) is 4.58. The third-order valence-electron chi connectivity index (χ3n) is 1.72. The van der Waals surface area contributed by atoms with Gasteiger partial charge in [-0.05, 0) is 33.6 Å². The molecule has 0 aliphatic carbocycles. The van der Waals surface area contributed by atoms with Gasteiger partial charge >= 0.3 is 0 Å². The second kappa shape index (κ2) is 6.46. The van der Waals surface area contributed by atoms with Crippen molar-refractivity contribution in [1.29, 1.82) is 0 Å². The van der Waals surface area contributed by atoms with E-state index in [4.69, 9.17) is 0 Å². The van der Waals surface area contributed by atoms with Crippen LogP contribution in [0.5, 0.6) is 0 Å². The number of carbonyl (C=O) groups excluding carboxylic acids is 1. The molecule has 2 heteroatoms. The molecular weight excluding hydrogens is 162 g/mol. The highest BCUT2D eigenvalue weighted by Gasteiger charge is 1.93. The Hall–Kier alpha value is -1.05. The maximum atomic E-state index is 10.9. The summed E-state index contributed by atoms with van der Waals surface area (Å²) in [5, 5.41) is 2.56. The molecule has 0 aromatic heterocycles. The lowest BCUT2D eigenvalue weighted by Crippen LogP contribution is -2.14. The van der Waals surface area contributed by atoms with Crippen LogP contribution < -0.4 is 5.32 Å². The van der Waals surface area contributed by atoms with Gasteiger partial charge in [0.2, 0.25) is 5.91 Å². The van der Waals surface area contributed by atoms with Crippen LogP contribution in [0.15, 0.2) is 23.3 Å². The Balaban J connectivity index is 3.87. The van der Waals surface area contributed by atoms with E-state index in [0.29, 0.717) is 0 Å². The molecular formula is C11H19NO. The molecule has 0 bridgehead atoms. The second-order valence-electron chi connectivity index (χ2n) is 3.43. The van der Waals surface area contributed by atoms with Crippen molar-refractivity contribution in [2.45, 2.75) is 33.6 Å². The third-order valence-corrected chi connectivity index (χ3v) is 1.72. The molecule has 0 atom stereocenters. The van der Waals surface area contributed by atoms with Crippen LogP contribution in [0.25, 0.3) is 0 Å². The topological polar surface area (TPSA) is 29.1 Å². The number of carbonyl (C=O) groups is 1. The molecule has 0 aliphatic rings. The molecule has 0 unspecified atom stereocenters. The molecule has 13 heavy (non-hydrogen) atoms. The van der Waals surface area contributed by atoms with Gasteiger partial charge in [-0.15, -0.1) is 0 Å². The Kier molecular flexibility index (Phi) is 5.94. The predicted molar refractivity (Wildman–Crippen MR) is 56.5 cm³/mol. The average molecular weight is 181 g/mol. The molecule has 0 saturated carbocycles. The van der Waals surface area contributed by atoms with E-state index in [1.807, 2.05) is 6.92 Å². The van der Waals surface area contributed by atoms with E-state index in [1.165, 1.54) is 5.57 Å². The second-order valence-corrected chi connectivity index (χ2v) is 3.43. The Labute approximate surface area is 80.7 Å². The summed E-state index contributed by atoms with van der Waals surface area (Å²) in [5.41, 5.74) is 2.45. The summed E-state index contributed by atoms with van der Waals surface area (Å²) in [6, 6.07) is 0. The average Bonchev–Trinajstić information content (AvgIpc) is 2.03. The van der Waals surface area contributed by atoms with Crippen molar-refractivity contribution in [1.82, 2.24) is 5.32 Å². The number of hydrogen-bond acceptors (Lipinski definition) is 1. The summed E-state index contributed by atoms with van der Waals surface area (Å²) in [5.74, 6) is -0.0188. The highest BCUT2D eigenvalue weighted by molar-refractivity contribution is 5.87. The Morgan fingerprint density at radius 3 is 2.38 bits per heavy atom. The molecule has 0 aromatic carbocycles. The minimum atomic E-state index is -0.0188. The Morgan fingerprint density at radius 1 is 1.31 bits per heavy atom. The highest BCUT2D eigenvalue weighted by atomic mass is 16.1. The first-order valence-corrected chi connectivity index (χ1v) is 4.58. The number of hydrogen-bond donors (Lipinski definition) is 1. The fraction of sp³-hybridized carbons (Fsp3) is 0.545. The van der Waals surface area contributed by atoms with Crippen LogP contribution in [-0.2, 0) is 4.79 Å². The summed E-state index contributed by atoms with van der Waals surface area (Å²) >= 11 is 0. The van der Waals surface area contributed by atoms with Crippen molar-refractivity contribution in [3.63, 3.8) is 0 Å². The molecule has 0 radical (unpaired) electrons. The molecule has 0 heterocycles. The van der Waals surface area contributed by atoms with Gasteiger partial charge < -0.3 is 5.32 Å². The molecule has 0 saturated heterocycles. The van der Waals surface area contributed by atoms with Gasteiger partial charge in [0.05, 0.1) is 0 Å². The van der Waals surface area contributed by atoms with E-state index in [2.05, 4.69) is 25.2 Å². The van der Waals surface area contributed by atoms with Gasteiger partial charge in [-0.2, -0.15) is 0 Å². The molecule has 2 nitrogen and oxygen atoms in total. The van der Waals surface area contributed by atoms with Crippen LogP contribution in [0.2, 0.25) is 0 Å². The predicted octanol–water partition coefficient (Wildman–Crippen LogP) is 2.43. The van der Waals surface area contributed by atoms with E-state index in [0.717, 1.165) is 18.4 Å². The number of nitrogens with one attached hydrogen (secondary N) is 1. The van der Waals surface area contributed by atoms with Crippen molar-refractivity contribution < 1.29 is 4.79 Å². The fourth-order valence-electron chi connectivity index (χ4n) is 0.957. The molecule has 74 valence electrons. The smallest absolute Gasteiger partial charge is 0.243 e. The van der Waals surface area contributed by atoms with Crippen LogP contribution in [0, 0.1) is 0 Å². The van der Waals surface area contributed by atoms with Gasteiger partial charge in [-0.3, -0.25) is 4.79 Å². The van der Waals surface area contributed by atoms with Crippen LogP contribution in [-0.4, -0.2) is 13.0 Å². The summed E-state index contributed by atoms with van der Waals surface area (Å²) in [6.07, 6.45) is 5.81. The largest absolute Gasteiger partial charge is 0.356 e. The normalized spacial score (nSPS) is 10.9. The van der Waals surface area contributed by atoms with E-state index in [9.17, 15) is 4.79 Å². The van der Waals surface area contributed by atoms with Crippen molar-refractivity contribution in [3.8, 4) is 0 Å². The number of likely N-dealkylation sites (N-methyl/N-ethyl adjacent to an activating group) is 1. The van der Waals surface area contributed by atoms with Gasteiger partial charge in [-0.1, -0.05) is 17.2 Å². The first-order chi connectivity index (χ1) is 6.06. The van der Waals surface area contributed by atoms with Gasteiger partial charge in [0.15, 0.2) is 0 Å². The standard InChI is InChI=1S/C11H19NO/c1-9(2)6-5-7-10(3)8-11(13)12-4/h6,8H,5,7H2,1-4H3,(H,12,13). The Bertz CT molecular complexity index is 222. The van der Waals surface area contributed by atoms with E-state index >= 15 is 0 Å². The minimum Gasteiger partial charge on any atom is -0.356 e. The molecule has 0 rings (SSSR count). The number of allylic oxidation sites excluding steroid dienone is 3. The molecule has 0 aromatic rings. The lowest BCUT2D eigenvalue weighted by atomic mass is 10.1. The van der Waals surface area contributed by atoms with E-state index in [1.54, 1.807) is 13.1 Å². The van der Waals surface area contributed by atoms with Gasteiger partial charge in [0.25, 0.3) is 0 Å². The van der Waals surface area contributed by atoms with Crippen LogP contribution in [0.4, 0.5) is 0 Å². The van der Waals surface area contributed by atoms with Crippen molar-refractivity contribution in [2.24, 2.45) is 0 Å². The SMILES string of the molecule is CNC(=O)C=C(C)CCC=C(C)C. The molecule has 0 fully saturated rings. The summed E-state index contributed by atoms with van der Waals surface area (Å²) in [7, 11) is 1.64. The van der Waals surface area contributed by atoms with Crippen molar-refractivity contribution in [2.75, 3.05) is 7.05 Å². The summed E-state index contributed by atoms with van der Waals surface area (Å²) < 4.78 is 0. The van der Waals surface area contributed by atoms with Crippen molar-refractivity contribution in [3.05, 3.63) is 23.3 Å². The maximum absolute atomic E-state index is 10.9. The lowest BCUT2D eigenvalue weighted by molar-refractivity contribution is -0.116. The van der Waals surface area contributed by atoms with Gasteiger partial charge in [0.1, 0.15) is 0 Å². The Morgan fingerprint density at radius 2 is 1.92 bits per heavy atom. The molecule has 0 spiro atoms. The molecule has 0 aliphatic heterocycles. The fourth-order valence-corrected chi connectivity index (χ4v) is 0.957. The van der Waals surface area contributed by atoms with Gasteiger partial charge in [0, 0.05) is 13.1 Å². The quantitative estimate of drug-likeness (QED) is 0.524. The molecule has 1 N–H and O–H groups in total. The van der Waals surface area contributed by atoms with Crippen molar-refractivity contribution >= 4 is 5.91 Å². The lowest BCUT2D eigenvalue weighted by Gasteiger charge is -1.98. The zero-order chi connectivity index (χ0) is 10.3. The van der Waals surface area contributed by atoms with Crippen LogP contribution in [0.3, 0.4) is 0 Å². The zero-order valence-corrected chi connectivity index (χ0v) is 8.98. The summed E-state index contributed by atoms with van der Waals surface area (Å²) in [4.78, 5) is 10.9. The first kappa shape index (κ1) is 11.9.